The molecule has 2 saturated carbocycles. The van der Waals surface area contributed by atoms with Gasteiger partial charge < -0.3 is 20.4 Å². The quantitative estimate of drug-likeness (QED) is 0.266. The fourth-order valence-electron chi connectivity index (χ4n) is 7.07. The minimum absolute atomic E-state index is 0.0308. The van der Waals surface area contributed by atoms with Crippen LogP contribution in [0.4, 0.5) is 5.82 Å². The van der Waals surface area contributed by atoms with E-state index in [2.05, 4.69) is 77.2 Å². The van der Waals surface area contributed by atoms with Gasteiger partial charge in [0.15, 0.2) is 0 Å². The number of hydrogen-bond donors (Lipinski definition) is 3. The van der Waals surface area contributed by atoms with Crippen LogP contribution in [0.25, 0.3) is 22.1 Å². The highest BCUT2D eigenvalue weighted by atomic mass is 16.3. The lowest BCUT2D eigenvalue weighted by Gasteiger charge is -2.46. The Kier molecular flexibility index (Phi) is 7.11. The molecule has 1 aromatic carbocycles. The molecule has 0 radical (unpaired) electrons. The topological polar surface area (TPSA) is 109 Å². The predicted octanol–water partition coefficient (Wildman–Crippen LogP) is 5.62. The first-order valence-electron chi connectivity index (χ1n) is 15.1. The van der Waals surface area contributed by atoms with E-state index in [0.717, 1.165) is 59.6 Å². The highest BCUT2D eigenvalue weighted by Crippen LogP contribution is 2.41. The molecule has 2 fully saturated rings. The number of aliphatic hydroxyl groups excluding tert-OH is 1. The molecule has 0 saturated heterocycles. The van der Waals surface area contributed by atoms with Gasteiger partial charge in [-0.3, -0.25) is 4.90 Å². The second-order valence-electron chi connectivity index (χ2n) is 13.7. The number of nitrogens with one attached hydrogen (secondary N) is 1. The number of nitrogens with zero attached hydrogens (tertiary/aromatic N) is 5. The number of fused-ring (bicyclic) bond motifs is 2. The van der Waals surface area contributed by atoms with E-state index in [1.165, 1.54) is 31.2 Å². The van der Waals surface area contributed by atoms with Crippen LogP contribution in [0.15, 0.2) is 36.8 Å². The number of aliphatic hydroxyl groups is 1. The first kappa shape index (κ1) is 27.2. The summed E-state index contributed by atoms with van der Waals surface area (Å²) in [6.45, 7) is 12.4. The molecule has 0 aliphatic heterocycles. The molecular weight excluding hydrogens is 498 g/mol. The van der Waals surface area contributed by atoms with Gasteiger partial charge in [-0.25, -0.2) is 15.0 Å². The summed E-state index contributed by atoms with van der Waals surface area (Å²) < 4.78 is 2.11. The number of benzene rings is 1. The molecular formula is C32H45N7O. The molecule has 214 valence electrons. The molecule has 3 atom stereocenters. The molecule has 3 aromatic heterocycles. The fraction of sp³-hybridized carbons (Fsp3) is 0.594. The number of rotatable bonds is 8. The highest BCUT2D eigenvalue weighted by Gasteiger charge is 2.40. The average Bonchev–Trinajstić information content (AvgIpc) is 3.57. The van der Waals surface area contributed by atoms with Crippen molar-refractivity contribution in [3.63, 3.8) is 0 Å². The lowest BCUT2D eigenvalue weighted by molar-refractivity contribution is 0.0355. The molecule has 4 N–H and O–H groups in total. The molecule has 0 spiro atoms. The lowest BCUT2D eigenvalue weighted by Crippen LogP contribution is -2.49. The van der Waals surface area contributed by atoms with E-state index in [4.69, 9.17) is 10.7 Å². The van der Waals surface area contributed by atoms with Crippen LogP contribution < -0.4 is 5.73 Å². The maximum atomic E-state index is 11.0. The van der Waals surface area contributed by atoms with Crippen molar-refractivity contribution in [2.45, 2.75) is 103 Å². The zero-order valence-corrected chi connectivity index (χ0v) is 24.6. The predicted molar refractivity (Wildman–Crippen MR) is 161 cm³/mol. The van der Waals surface area contributed by atoms with Crippen molar-refractivity contribution in [1.29, 1.82) is 0 Å². The van der Waals surface area contributed by atoms with Crippen LogP contribution in [0, 0.1) is 11.8 Å². The summed E-state index contributed by atoms with van der Waals surface area (Å²) in [5.41, 5.74) is 10.6. The summed E-state index contributed by atoms with van der Waals surface area (Å²) in [5, 5.41) is 11.9. The zero-order chi connectivity index (χ0) is 28.2. The molecule has 40 heavy (non-hydrogen) atoms. The van der Waals surface area contributed by atoms with Crippen molar-refractivity contribution in [1.82, 2.24) is 29.4 Å². The average molecular weight is 544 g/mol. The van der Waals surface area contributed by atoms with Crippen molar-refractivity contribution in [2.75, 3.05) is 12.3 Å². The van der Waals surface area contributed by atoms with E-state index in [9.17, 15) is 5.11 Å². The van der Waals surface area contributed by atoms with Gasteiger partial charge in [0.05, 0.1) is 28.6 Å². The lowest BCUT2D eigenvalue weighted by atomic mass is 9.76. The zero-order valence-electron chi connectivity index (χ0n) is 24.6. The summed E-state index contributed by atoms with van der Waals surface area (Å²) in [4.78, 5) is 19.7. The minimum Gasteiger partial charge on any atom is -0.391 e. The summed E-state index contributed by atoms with van der Waals surface area (Å²) in [5.74, 6) is 2.82. The first-order valence-corrected chi connectivity index (χ1v) is 15.1. The van der Waals surface area contributed by atoms with Crippen LogP contribution in [-0.2, 0) is 11.8 Å². The molecule has 8 nitrogen and oxygen atoms in total. The number of anilines is 1. The number of hydrogen-bond acceptors (Lipinski definition) is 6. The molecule has 1 unspecified atom stereocenters. The Balaban J connectivity index is 1.03. The van der Waals surface area contributed by atoms with E-state index in [0.29, 0.717) is 23.8 Å². The van der Waals surface area contributed by atoms with Crippen LogP contribution in [0.3, 0.4) is 0 Å². The van der Waals surface area contributed by atoms with Crippen molar-refractivity contribution >= 4 is 27.9 Å². The molecule has 4 aromatic rings. The van der Waals surface area contributed by atoms with Crippen LogP contribution in [0.2, 0.25) is 0 Å². The number of aromatic nitrogens is 5. The molecule has 3 heterocycles. The maximum absolute atomic E-state index is 11.0. The third kappa shape index (κ3) is 5.23. The Hall–Kier alpha value is -2.97. The molecule has 6 rings (SSSR count). The van der Waals surface area contributed by atoms with Gasteiger partial charge in [0.2, 0.25) is 0 Å². The second kappa shape index (κ2) is 10.5. The summed E-state index contributed by atoms with van der Waals surface area (Å²) in [6, 6.07) is 9.75. The third-order valence-corrected chi connectivity index (χ3v) is 9.49. The van der Waals surface area contributed by atoms with E-state index >= 15 is 0 Å². The Morgan fingerprint density at radius 2 is 1.90 bits per heavy atom. The van der Waals surface area contributed by atoms with Crippen molar-refractivity contribution in [3.05, 3.63) is 48.2 Å². The Morgan fingerprint density at radius 1 is 1.10 bits per heavy atom. The Morgan fingerprint density at radius 3 is 2.65 bits per heavy atom. The monoisotopic (exact) mass is 543 g/mol. The van der Waals surface area contributed by atoms with Gasteiger partial charge in [-0.1, -0.05) is 26.8 Å². The Labute approximate surface area is 237 Å². The maximum Gasteiger partial charge on any atom is 0.145 e. The largest absolute Gasteiger partial charge is 0.391 e. The first-order chi connectivity index (χ1) is 19.1. The van der Waals surface area contributed by atoms with Gasteiger partial charge in [-0.2, -0.15) is 0 Å². The standard InChI is InChI=1S/C32H45N7O/c1-19(2)39(17-21-14-27(28(40)15-21)38-11-10-24-30(33)34-18-35-31(24)38)23-12-20(13-23)6-9-29-36-25-8-7-22(32(3,4)5)16-26(25)37-29/h7-8,10-11,16,18-21,23,27-28,40H,6,9,12-15,17H2,1-5H3,(H,36,37)(H2,33,34,35)/t20?,21-,23?,27+,28?/m0/s1. The van der Waals surface area contributed by atoms with E-state index in [1.54, 1.807) is 0 Å². The number of aryl methyl sites for hydroxylation is 1. The highest BCUT2D eigenvalue weighted by molar-refractivity contribution is 5.86. The normalized spacial score (nSPS) is 25.4. The van der Waals surface area contributed by atoms with Gasteiger partial charge in [0.25, 0.3) is 0 Å². The van der Waals surface area contributed by atoms with Gasteiger partial charge in [-0.05, 0) is 87.0 Å². The number of nitrogen functional groups attached to an aromatic ring is 1. The number of nitrogens with two attached hydrogens (primary N) is 1. The van der Waals surface area contributed by atoms with Crippen LogP contribution in [0.5, 0.6) is 0 Å². The molecule has 2 aliphatic rings. The van der Waals surface area contributed by atoms with Gasteiger partial charge in [-0.15, -0.1) is 0 Å². The molecule has 0 amide bonds. The van der Waals surface area contributed by atoms with Crippen molar-refractivity contribution in [3.8, 4) is 0 Å². The van der Waals surface area contributed by atoms with Crippen molar-refractivity contribution in [2.24, 2.45) is 11.8 Å². The Bertz CT molecular complexity index is 1480. The number of imidazole rings is 1. The summed E-state index contributed by atoms with van der Waals surface area (Å²) in [6.07, 6.45) is 9.63. The number of H-pyrrole nitrogens is 1. The van der Waals surface area contributed by atoms with Crippen LogP contribution in [-0.4, -0.2) is 59.2 Å². The van der Waals surface area contributed by atoms with Gasteiger partial charge in [0, 0.05) is 31.2 Å². The second-order valence-corrected chi connectivity index (χ2v) is 13.7. The van der Waals surface area contributed by atoms with Gasteiger partial charge >= 0.3 is 0 Å². The van der Waals surface area contributed by atoms with E-state index in [-0.39, 0.29) is 17.6 Å². The smallest absolute Gasteiger partial charge is 0.145 e. The molecule has 8 heteroatoms. The van der Waals surface area contributed by atoms with Crippen molar-refractivity contribution < 1.29 is 5.11 Å². The summed E-state index contributed by atoms with van der Waals surface area (Å²) in [7, 11) is 0. The van der Waals surface area contributed by atoms with Gasteiger partial charge in [0.1, 0.15) is 23.6 Å². The van der Waals surface area contributed by atoms with E-state index < -0.39 is 0 Å². The summed E-state index contributed by atoms with van der Waals surface area (Å²) >= 11 is 0. The SMILES string of the molecule is CC(C)N(C[C@@H]1CC(O)[C@H](n2ccc3c(N)ncnc32)C1)C1CC(CCc2nc3ccc(C(C)(C)C)cc3[nH]2)C1. The molecule has 0 bridgehead atoms. The van der Waals surface area contributed by atoms with Crippen LogP contribution in [0.1, 0.15) is 84.2 Å². The van der Waals surface area contributed by atoms with E-state index in [1.807, 2.05) is 12.3 Å². The number of aromatic amines is 1. The van der Waals surface area contributed by atoms with Crippen LogP contribution >= 0.6 is 0 Å². The fourth-order valence-corrected chi connectivity index (χ4v) is 7.07. The molecule has 2 aliphatic carbocycles. The third-order valence-electron chi connectivity index (χ3n) is 9.49. The minimum atomic E-state index is -0.372.